The quantitative estimate of drug-likeness (QED) is 0.712. The predicted molar refractivity (Wildman–Crippen MR) is 112 cm³/mol. The van der Waals surface area contributed by atoms with Crippen molar-refractivity contribution in [1.82, 2.24) is 4.90 Å². The molecule has 1 aliphatic heterocycles. The molecule has 2 aliphatic rings. The second-order valence-corrected chi connectivity index (χ2v) is 7.15. The van der Waals surface area contributed by atoms with E-state index < -0.39 is 0 Å². The number of allylic oxidation sites excluding steroid dienone is 8. The summed E-state index contributed by atoms with van der Waals surface area (Å²) in [6.07, 6.45) is 15.8. The molecule has 136 valence electrons. The maximum atomic E-state index is 5.89. The van der Waals surface area contributed by atoms with Gasteiger partial charge in [0.25, 0.3) is 0 Å². The molecule has 1 unspecified atom stereocenters. The van der Waals surface area contributed by atoms with Crippen LogP contribution in [0.2, 0.25) is 0 Å². The fraction of sp³-hybridized carbons (Fsp3) is 0.333. The molecule has 0 spiro atoms. The molecule has 0 aromatic heterocycles. The molecule has 3 rings (SSSR count). The highest BCUT2D eigenvalue weighted by Gasteiger charge is 2.21. The lowest BCUT2D eigenvalue weighted by atomic mass is 9.89. The Morgan fingerprint density at radius 2 is 2.00 bits per heavy atom. The third-order valence-corrected chi connectivity index (χ3v) is 5.31. The van der Waals surface area contributed by atoms with Crippen molar-refractivity contribution in [2.24, 2.45) is 5.73 Å². The standard InChI is InChI=1S/C24H30N2/c1-19-17-24(20(2)22-11-7-4-8-12-22)26(16-15-25)18-23(19)14-13-21-9-5-3-6-10-21/h3-5,7-9,11-12,17-18,20H,1,6,10,13-16,25H2,2H3. The Morgan fingerprint density at radius 1 is 1.19 bits per heavy atom. The van der Waals surface area contributed by atoms with Crippen LogP contribution < -0.4 is 5.73 Å². The lowest BCUT2D eigenvalue weighted by molar-refractivity contribution is 0.433. The molecule has 1 atom stereocenters. The van der Waals surface area contributed by atoms with Crippen LogP contribution in [-0.4, -0.2) is 18.0 Å². The highest BCUT2D eigenvalue weighted by atomic mass is 15.1. The topological polar surface area (TPSA) is 29.3 Å². The van der Waals surface area contributed by atoms with Crippen LogP contribution in [0.4, 0.5) is 0 Å². The van der Waals surface area contributed by atoms with Crippen LogP contribution in [0.25, 0.3) is 0 Å². The molecule has 0 saturated heterocycles. The van der Waals surface area contributed by atoms with Crippen molar-refractivity contribution in [2.75, 3.05) is 13.1 Å². The smallest absolute Gasteiger partial charge is 0.0345 e. The third kappa shape index (κ3) is 4.44. The minimum Gasteiger partial charge on any atom is -0.349 e. The fourth-order valence-electron chi connectivity index (χ4n) is 3.70. The van der Waals surface area contributed by atoms with Crippen LogP contribution in [0, 0.1) is 0 Å². The highest BCUT2D eigenvalue weighted by molar-refractivity contribution is 5.46. The molecule has 1 heterocycles. The van der Waals surface area contributed by atoms with E-state index in [0.717, 1.165) is 25.0 Å². The maximum Gasteiger partial charge on any atom is 0.0345 e. The normalized spacial score (nSPS) is 18.3. The minimum atomic E-state index is 0.323. The largest absolute Gasteiger partial charge is 0.349 e. The van der Waals surface area contributed by atoms with Gasteiger partial charge in [0, 0.05) is 30.9 Å². The Morgan fingerprint density at radius 3 is 2.69 bits per heavy atom. The molecule has 0 amide bonds. The number of hydrogen-bond acceptors (Lipinski definition) is 2. The lowest BCUT2D eigenvalue weighted by Crippen LogP contribution is -2.29. The number of benzene rings is 1. The Labute approximate surface area is 158 Å². The van der Waals surface area contributed by atoms with Crippen LogP contribution in [0.15, 0.2) is 89.8 Å². The van der Waals surface area contributed by atoms with Gasteiger partial charge in [-0.2, -0.15) is 0 Å². The summed E-state index contributed by atoms with van der Waals surface area (Å²) in [6.45, 7) is 8.09. The summed E-state index contributed by atoms with van der Waals surface area (Å²) in [7, 11) is 0. The number of nitrogens with two attached hydrogens (primary N) is 1. The number of rotatable bonds is 7. The average molecular weight is 347 g/mol. The lowest BCUT2D eigenvalue weighted by Gasteiger charge is -2.33. The molecule has 2 nitrogen and oxygen atoms in total. The summed E-state index contributed by atoms with van der Waals surface area (Å²) >= 11 is 0. The predicted octanol–water partition coefficient (Wildman–Crippen LogP) is 5.45. The average Bonchev–Trinajstić information content (AvgIpc) is 2.69. The zero-order valence-electron chi connectivity index (χ0n) is 15.8. The third-order valence-electron chi connectivity index (χ3n) is 5.31. The van der Waals surface area contributed by atoms with Gasteiger partial charge in [-0.3, -0.25) is 0 Å². The molecule has 0 fully saturated rings. The molecule has 0 saturated carbocycles. The van der Waals surface area contributed by atoms with E-state index in [1.165, 1.54) is 29.7 Å². The van der Waals surface area contributed by atoms with Crippen LogP contribution in [-0.2, 0) is 0 Å². The van der Waals surface area contributed by atoms with E-state index in [1.807, 2.05) is 0 Å². The fourth-order valence-corrected chi connectivity index (χ4v) is 3.70. The van der Waals surface area contributed by atoms with Gasteiger partial charge in [0.15, 0.2) is 0 Å². The van der Waals surface area contributed by atoms with Gasteiger partial charge >= 0.3 is 0 Å². The van der Waals surface area contributed by atoms with Gasteiger partial charge in [0.05, 0.1) is 0 Å². The number of hydrogen-bond donors (Lipinski definition) is 1. The molecular weight excluding hydrogens is 316 g/mol. The second-order valence-electron chi connectivity index (χ2n) is 7.15. The molecule has 1 aromatic rings. The Balaban J connectivity index is 1.75. The molecule has 26 heavy (non-hydrogen) atoms. The summed E-state index contributed by atoms with van der Waals surface area (Å²) in [4.78, 5) is 2.33. The molecule has 2 heteroatoms. The van der Waals surface area contributed by atoms with Gasteiger partial charge in [-0.15, -0.1) is 0 Å². The van der Waals surface area contributed by atoms with E-state index in [4.69, 9.17) is 5.73 Å². The summed E-state index contributed by atoms with van der Waals surface area (Å²) in [5.41, 5.74) is 12.5. The van der Waals surface area contributed by atoms with Crippen molar-refractivity contribution in [2.45, 2.75) is 38.5 Å². The first-order valence-electron chi connectivity index (χ1n) is 9.67. The first-order valence-corrected chi connectivity index (χ1v) is 9.67. The van der Waals surface area contributed by atoms with Gasteiger partial charge in [-0.1, -0.05) is 67.6 Å². The molecular formula is C24H30N2. The first kappa shape index (κ1) is 18.5. The van der Waals surface area contributed by atoms with Crippen molar-refractivity contribution >= 4 is 0 Å². The monoisotopic (exact) mass is 346 g/mol. The SMILES string of the molecule is C=C1C=C(C(C)c2ccccc2)N(CCN)C=C1CCC1=CC=CCC1. The molecule has 0 radical (unpaired) electrons. The number of nitrogens with zero attached hydrogens (tertiary/aromatic N) is 1. The van der Waals surface area contributed by atoms with Gasteiger partial charge in [-0.25, -0.2) is 0 Å². The van der Waals surface area contributed by atoms with E-state index in [9.17, 15) is 0 Å². The van der Waals surface area contributed by atoms with Crippen LogP contribution in [0.3, 0.4) is 0 Å². The Bertz CT molecular complexity index is 750. The zero-order valence-corrected chi connectivity index (χ0v) is 15.8. The van der Waals surface area contributed by atoms with Crippen LogP contribution >= 0.6 is 0 Å². The van der Waals surface area contributed by atoms with E-state index in [2.05, 4.69) is 79.2 Å². The summed E-state index contributed by atoms with van der Waals surface area (Å²) in [5.74, 6) is 0.323. The van der Waals surface area contributed by atoms with E-state index in [-0.39, 0.29) is 0 Å². The van der Waals surface area contributed by atoms with Crippen molar-refractivity contribution in [3.63, 3.8) is 0 Å². The molecule has 1 aromatic carbocycles. The summed E-state index contributed by atoms with van der Waals surface area (Å²) in [6, 6.07) is 10.7. The Kier molecular flexibility index (Phi) is 6.30. The van der Waals surface area contributed by atoms with E-state index in [0.29, 0.717) is 12.5 Å². The molecule has 0 bridgehead atoms. The van der Waals surface area contributed by atoms with Gasteiger partial charge in [0.2, 0.25) is 0 Å². The van der Waals surface area contributed by atoms with Gasteiger partial charge in [0.1, 0.15) is 0 Å². The second kappa shape index (κ2) is 8.86. The van der Waals surface area contributed by atoms with Crippen molar-refractivity contribution in [3.05, 3.63) is 95.4 Å². The van der Waals surface area contributed by atoms with Gasteiger partial charge < -0.3 is 10.6 Å². The van der Waals surface area contributed by atoms with Crippen molar-refractivity contribution in [3.8, 4) is 0 Å². The van der Waals surface area contributed by atoms with E-state index >= 15 is 0 Å². The summed E-state index contributed by atoms with van der Waals surface area (Å²) < 4.78 is 0. The van der Waals surface area contributed by atoms with Crippen LogP contribution in [0.5, 0.6) is 0 Å². The zero-order chi connectivity index (χ0) is 18.4. The Hall–Kier alpha value is -2.32. The maximum absolute atomic E-state index is 5.89. The summed E-state index contributed by atoms with van der Waals surface area (Å²) in [5, 5.41) is 0. The minimum absolute atomic E-state index is 0.323. The van der Waals surface area contributed by atoms with Crippen LogP contribution in [0.1, 0.15) is 44.1 Å². The molecule has 1 aliphatic carbocycles. The van der Waals surface area contributed by atoms with E-state index in [1.54, 1.807) is 5.57 Å². The molecule has 2 N–H and O–H groups in total. The first-order chi connectivity index (χ1) is 12.7. The highest BCUT2D eigenvalue weighted by Crippen LogP contribution is 2.34. The van der Waals surface area contributed by atoms with Crippen molar-refractivity contribution in [1.29, 1.82) is 0 Å². The van der Waals surface area contributed by atoms with Gasteiger partial charge in [-0.05, 0) is 48.5 Å². The van der Waals surface area contributed by atoms with Crippen molar-refractivity contribution < 1.29 is 0 Å².